The molecule has 2 aliphatic rings. The summed E-state index contributed by atoms with van der Waals surface area (Å²) in [5.41, 5.74) is 3.48. The predicted octanol–water partition coefficient (Wildman–Crippen LogP) is 5.98. The highest BCUT2D eigenvalue weighted by Crippen LogP contribution is 2.48. The minimum atomic E-state index is -0.900. The van der Waals surface area contributed by atoms with Crippen molar-refractivity contribution in [2.24, 2.45) is 0 Å². The summed E-state index contributed by atoms with van der Waals surface area (Å²) in [6.45, 7) is 1.75. The lowest BCUT2D eigenvalue weighted by molar-refractivity contribution is -0.116. The summed E-state index contributed by atoms with van der Waals surface area (Å²) in [5.74, 6) is -2.16. The van der Waals surface area contributed by atoms with Crippen LogP contribution >= 0.6 is 0 Å². The van der Waals surface area contributed by atoms with Crippen molar-refractivity contribution < 1.29 is 27.8 Å². The molecule has 1 amide bonds. The van der Waals surface area contributed by atoms with Crippen molar-refractivity contribution in [1.82, 2.24) is 5.32 Å². The first-order chi connectivity index (χ1) is 18.8. The van der Waals surface area contributed by atoms with Crippen molar-refractivity contribution in [3.63, 3.8) is 0 Å². The molecule has 1 heterocycles. The van der Waals surface area contributed by atoms with Crippen molar-refractivity contribution in [2.75, 3.05) is 19.5 Å². The molecule has 2 N–H and O–H groups in total. The molecule has 0 saturated carbocycles. The Kier molecular flexibility index (Phi) is 7.19. The van der Waals surface area contributed by atoms with Gasteiger partial charge in [0, 0.05) is 46.7 Å². The Hall–Kier alpha value is -4.46. The van der Waals surface area contributed by atoms with Gasteiger partial charge >= 0.3 is 0 Å². The van der Waals surface area contributed by atoms with E-state index in [1.54, 1.807) is 25.1 Å². The fourth-order valence-corrected chi connectivity index (χ4v) is 5.45. The van der Waals surface area contributed by atoms with Crippen molar-refractivity contribution in [1.29, 1.82) is 0 Å². The molecule has 0 saturated heterocycles. The topological polar surface area (TPSA) is 76.7 Å². The number of methoxy groups -OCH3 is 2. The first kappa shape index (κ1) is 26.2. The first-order valence-electron chi connectivity index (χ1n) is 12.6. The zero-order valence-electron chi connectivity index (χ0n) is 21.8. The smallest absolute Gasteiger partial charge is 0.254 e. The zero-order valence-corrected chi connectivity index (χ0v) is 21.8. The highest BCUT2D eigenvalue weighted by Gasteiger charge is 2.42. The zero-order chi connectivity index (χ0) is 27.7. The Morgan fingerprint density at radius 2 is 1.74 bits per heavy atom. The van der Waals surface area contributed by atoms with Crippen LogP contribution in [0, 0.1) is 11.6 Å². The van der Waals surface area contributed by atoms with Crippen LogP contribution in [0.3, 0.4) is 0 Å². The van der Waals surface area contributed by atoms with Crippen LogP contribution in [0.2, 0.25) is 0 Å². The number of nitrogens with one attached hydrogen (secondary N) is 2. The van der Waals surface area contributed by atoms with Gasteiger partial charge in [-0.3, -0.25) is 9.59 Å². The van der Waals surface area contributed by atoms with Gasteiger partial charge in [-0.25, -0.2) is 8.78 Å². The van der Waals surface area contributed by atoms with Gasteiger partial charge < -0.3 is 20.1 Å². The average molecular weight is 531 g/mol. The van der Waals surface area contributed by atoms with E-state index in [0.717, 1.165) is 17.3 Å². The van der Waals surface area contributed by atoms with Crippen LogP contribution in [-0.4, -0.2) is 25.9 Å². The third-order valence-electron chi connectivity index (χ3n) is 7.27. The van der Waals surface area contributed by atoms with E-state index in [-0.39, 0.29) is 29.4 Å². The molecule has 0 radical (unpaired) electrons. The molecule has 0 aromatic heterocycles. The SMILES string of the molecule is COc1ccc([C@H]2C(C(=O)Nc3ccc(F)cc3F)=C(C)NC3=C2C(=O)C[C@@H](c2ccccc2)C3)c(OC)c1. The lowest BCUT2D eigenvalue weighted by atomic mass is 9.71. The molecule has 200 valence electrons. The van der Waals surface area contributed by atoms with E-state index in [1.165, 1.54) is 20.3 Å². The number of Topliss-reactive ketones (excluding diaryl/α,β-unsaturated/α-hetero) is 1. The van der Waals surface area contributed by atoms with Crippen molar-refractivity contribution in [2.45, 2.75) is 31.6 Å². The Balaban J connectivity index is 1.62. The molecule has 6 nitrogen and oxygen atoms in total. The maximum atomic E-state index is 14.4. The van der Waals surface area contributed by atoms with E-state index < -0.39 is 23.5 Å². The number of ketones is 1. The number of carbonyl (C=O) groups is 2. The number of benzene rings is 3. The summed E-state index contributed by atoms with van der Waals surface area (Å²) in [7, 11) is 3.04. The predicted molar refractivity (Wildman–Crippen MR) is 144 cm³/mol. The molecular formula is C31H28F2N2O4. The molecule has 1 aliphatic carbocycles. The summed E-state index contributed by atoms with van der Waals surface area (Å²) in [6.07, 6.45) is 0.860. The number of rotatable bonds is 6. The second kappa shape index (κ2) is 10.7. The Morgan fingerprint density at radius 1 is 0.974 bits per heavy atom. The largest absolute Gasteiger partial charge is 0.497 e. The van der Waals surface area contributed by atoms with Crippen LogP contribution in [-0.2, 0) is 9.59 Å². The number of amides is 1. The first-order valence-corrected chi connectivity index (χ1v) is 12.6. The molecule has 0 fully saturated rings. The highest BCUT2D eigenvalue weighted by molar-refractivity contribution is 6.10. The van der Waals surface area contributed by atoms with Gasteiger partial charge in [0.2, 0.25) is 0 Å². The molecular weight excluding hydrogens is 502 g/mol. The minimum Gasteiger partial charge on any atom is -0.497 e. The van der Waals surface area contributed by atoms with Gasteiger partial charge in [0.15, 0.2) is 5.78 Å². The van der Waals surface area contributed by atoms with Crippen molar-refractivity contribution in [3.05, 3.63) is 112 Å². The third-order valence-corrected chi connectivity index (χ3v) is 7.27. The van der Waals surface area contributed by atoms with Gasteiger partial charge in [-0.1, -0.05) is 36.4 Å². The lowest BCUT2D eigenvalue weighted by Gasteiger charge is -2.37. The molecule has 2 atom stereocenters. The standard InChI is InChI=1S/C31H28F2N2O4/c1-17-28(31(37)35-24-12-9-20(32)15-23(24)33)29(22-11-10-21(38-2)16-27(22)39-3)30-25(34-17)13-19(14-26(30)36)18-7-5-4-6-8-18/h4-12,15-16,19,29,34H,13-14H2,1-3H3,(H,35,37)/t19-,29-/m0/s1. The van der Waals surface area contributed by atoms with Crippen LogP contribution in [0.25, 0.3) is 0 Å². The molecule has 39 heavy (non-hydrogen) atoms. The van der Waals surface area contributed by atoms with E-state index >= 15 is 0 Å². The number of ether oxygens (including phenoxy) is 2. The third kappa shape index (κ3) is 5.02. The van der Waals surface area contributed by atoms with E-state index in [9.17, 15) is 18.4 Å². The second-order valence-electron chi connectivity index (χ2n) is 9.61. The summed E-state index contributed by atoms with van der Waals surface area (Å²) < 4.78 is 38.9. The molecule has 3 aromatic carbocycles. The molecule has 1 aliphatic heterocycles. The number of hydrogen-bond acceptors (Lipinski definition) is 5. The Labute approximate surface area is 225 Å². The number of anilines is 1. The number of halogens is 2. The fourth-order valence-electron chi connectivity index (χ4n) is 5.45. The normalized spacial score (nSPS) is 18.8. The minimum absolute atomic E-state index is 0.0140. The van der Waals surface area contributed by atoms with Crippen LogP contribution in [0.5, 0.6) is 11.5 Å². The molecule has 0 unspecified atom stereocenters. The van der Waals surface area contributed by atoms with Crippen molar-refractivity contribution >= 4 is 17.4 Å². The summed E-state index contributed by atoms with van der Waals surface area (Å²) in [6, 6.07) is 18.0. The highest BCUT2D eigenvalue weighted by atomic mass is 19.1. The summed E-state index contributed by atoms with van der Waals surface area (Å²) in [4.78, 5) is 27.5. The van der Waals surface area contributed by atoms with Gasteiger partial charge in [-0.2, -0.15) is 0 Å². The number of hydrogen-bond donors (Lipinski definition) is 2. The van der Waals surface area contributed by atoms with E-state index in [4.69, 9.17) is 9.47 Å². The quantitative estimate of drug-likeness (QED) is 0.410. The van der Waals surface area contributed by atoms with Gasteiger partial charge in [0.25, 0.3) is 5.91 Å². The maximum Gasteiger partial charge on any atom is 0.254 e. The van der Waals surface area contributed by atoms with Crippen molar-refractivity contribution in [3.8, 4) is 11.5 Å². The molecule has 3 aromatic rings. The van der Waals surface area contributed by atoms with E-state index in [2.05, 4.69) is 10.6 Å². The summed E-state index contributed by atoms with van der Waals surface area (Å²) >= 11 is 0. The second-order valence-corrected chi connectivity index (χ2v) is 9.61. The lowest BCUT2D eigenvalue weighted by Crippen LogP contribution is -2.37. The number of dihydropyridines is 1. The van der Waals surface area contributed by atoms with Crippen LogP contribution in [0.15, 0.2) is 89.3 Å². The van der Waals surface area contributed by atoms with Gasteiger partial charge in [0.1, 0.15) is 23.1 Å². The average Bonchev–Trinajstić information content (AvgIpc) is 2.93. The Bertz CT molecular complexity index is 1510. The van der Waals surface area contributed by atoms with Crippen LogP contribution in [0.1, 0.15) is 42.7 Å². The van der Waals surface area contributed by atoms with Gasteiger partial charge in [0.05, 0.1) is 25.8 Å². The van der Waals surface area contributed by atoms with Gasteiger partial charge in [-0.15, -0.1) is 0 Å². The monoisotopic (exact) mass is 530 g/mol. The Morgan fingerprint density at radius 3 is 2.44 bits per heavy atom. The van der Waals surface area contributed by atoms with E-state index in [1.807, 2.05) is 30.3 Å². The van der Waals surface area contributed by atoms with Gasteiger partial charge in [-0.05, 0) is 43.0 Å². The molecule has 8 heteroatoms. The fraction of sp³-hybridized carbons (Fsp3) is 0.226. The molecule has 0 spiro atoms. The maximum absolute atomic E-state index is 14.4. The summed E-state index contributed by atoms with van der Waals surface area (Å²) in [5, 5.41) is 5.87. The number of allylic oxidation sites excluding steroid dienone is 3. The number of carbonyl (C=O) groups excluding carboxylic acids is 2. The molecule has 5 rings (SSSR count). The molecule has 0 bridgehead atoms. The van der Waals surface area contributed by atoms with Crippen LogP contribution < -0.4 is 20.1 Å². The van der Waals surface area contributed by atoms with Crippen LogP contribution in [0.4, 0.5) is 14.5 Å². The van der Waals surface area contributed by atoms with E-state index in [0.29, 0.717) is 40.8 Å².